The van der Waals surface area contributed by atoms with Crippen LogP contribution in [0.5, 0.6) is 23.0 Å². The predicted octanol–water partition coefficient (Wildman–Crippen LogP) is 6.62. The van der Waals surface area contributed by atoms with Crippen molar-refractivity contribution in [3.63, 3.8) is 0 Å². The van der Waals surface area contributed by atoms with Crippen LogP contribution in [-0.4, -0.2) is 5.11 Å². The summed E-state index contributed by atoms with van der Waals surface area (Å²) in [7, 11) is 0. The number of ether oxygens (including phenoxy) is 3. The SMILES string of the molecule is Oc1ccc2c(c1)OC(c1ccc(OCc3ccccc3)cc1OCc1ccccc1)CC2. The molecule has 5 rings (SSSR count). The maximum Gasteiger partial charge on any atom is 0.130 e. The second-order valence-electron chi connectivity index (χ2n) is 8.19. The Kier molecular flexibility index (Phi) is 6.16. The highest BCUT2D eigenvalue weighted by molar-refractivity contribution is 5.46. The first-order valence-electron chi connectivity index (χ1n) is 11.2. The van der Waals surface area contributed by atoms with Crippen LogP contribution in [-0.2, 0) is 19.6 Å². The summed E-state index contributed by atoms with van der Waals surface area (Å²) in [6.45, 7) is 0.949. The minimum absolute atomic E-state index is 0.159. The maximum absolute atomic E-state index is 9.88. The Morgan fingerprint density at radius 2 is 1.45 bits per heavy atom. The predicted molar refractivity (Wildman–Crippen MR) is 128 cm³/mol. The normalized spacial score (nSPS) is 14.7. The zero-order valence-corrected chi connectivity index (χ0v) is 18.3. The van der Waals surface area contributed by atoms with Crippen molar-refractivity contribution < 1.29 is 19.3 Å². The van der Waals surface area contributed by atoms with E-state index in [1.54, 1.807) is 12.1 Å². The fourth-order valence-corrected chi connectivity index (χ4v) is 4.05. The van der Waals surface area contributed by atoms with Gasteiger partial charge in [-0.15, -0.1) is 0 Å². The Bertz CT molecular complexity index is 1200. The summed E-state index contributed by atoms with van der Waals surface area (Å²) < 4.78 is 18.6. The van der Waals surface area contributed by atoms with E-state index in [0.717, 1.165) is 52.3 Å². The number of hydrogen-bond acceptors (Lipinski definition) is 4. The number of fused-ring (bicyclic) bond motifs is 1. The number of phenolic OH excluding ortho intramolecular Hbond substituents is 1. The van der Waals surface area contributed by atoms with Gasteiger partial charge in [-0.25, -0.2) is 0 Å². The largest absolute Gasteiger partial charge is 0.508 e. The molecule has 0 saturated carbocycles. The van der Waals surface area contributed by atoms with Crippen molar-refractivity contribution in [1.29, 1.82) is 0 Å². The number of benzene rings is 4. The van der Waals surface area contributed by atoms with Gasteiger partial charge in [-0.1, -0.05) is 66.7 Å². The molecule has 1 aliphatic heterocycles. The van der Waals surface area contributed by atoms with Gasteiger partial charge in [0.1, 0.15) is 42.3 Å². The van der Waals surface area contributed by atoms with Gasteiger partial charge in [0.2, 0.25) is 0 Å². The molecular formula is C29H26O4. The summed E-state index contributed by atoms with van der Waals surface area (Å²) in [4.78, 5) is 0. The van der Waals surface area contributed by atoms with Gasteiger partial charge in [0, 0.05) is 17.7 Å². The third kappa shape index (κ3) is 5.12. The second-order valence-corrected chi connectivity index (χ2v) is 8.19. The molecule has 166 valence electrons. The van der Waals surface area contributed by atoms with E-state index < -0.39 is 0 Å². The molecule has 1 heterocycles. The van der Waals surface area contributed by atoms with Crippen molar-refractivity contribution in [2.45, 2.75) is 32.2 Å². The molecule has 33 heavy (non-hydrogen) atoms. The van der Waals surface area contributed by atoms with Crippen molar-refractivity contribution in [3.8, 4) is 23.0 Å². The van der Waals surface area contributed by atoms with E-state index in [9.17, 15) is 5.11 Å². The monoisotopic (exact) mass is 438 g/mol. The van der Waals surface area contributed by atoms with Crippen LogP contribution in [0.4, 0.5) is 0 Å². The average Bonchev–Trinajstić information content (AvgIpc) is 2.87. The lowest BCUT2D eigenvalue weighted by Crippen LogP contribution is -2.16. The van der Waals surface area contributed by atoms with Crippen molar-refractivity contribution in [2.75, 3.05) is 0 Å². The molecule has 0 saturated heterocycles. The van der Waals surface area contributed by atoms with E-state index in [0.29, 0.717) is 13.2 Å². The number of aryl methyl sites for hydroxylation is 1. The highest BCUT2D eigenvalue weighted by Gasteiger charge is 2.25. The van der Waals surface area contributed by atoms with Crippen LogP contribution < -0.4 is 14.2 Å². The molecule has 0 fully saturated rings. The number of aromatic hydroxyl groups is 1. The lowest BCUT2D eigenvalue weighted by Gasteiger charge is -2.28. The van der Waals surface area contributed by atoms with Crippen LogP contribution in [0.3, 0.4) is 0 Å². The first kappa shape index (κ1) is 21.0. The Hall–Kier alpha value is -3.92. The molecule has 0 radical (unpaired) electrons. The van der Waals surface area contributed by atoms with Crippen molar-refractivity contribution in [3.05, 3.63) is 119 Å². The summed E-state index contributed by atoms with van der Waals surface area (Å²) >= 11 is 0. The van der Waals surface area contributed by atoms with Crippen LogP contribution in [0, 0.1) is 0 Å². The molecule has 1 atom stereocenters. The van der Waals surface area contributed by atoms with Gasteiger partial charge in [-0.05, 0) is 47.7 Å². The van der Waals surface area contributed by atoms with E-state index in [-0.39, 0.29) is 11.9 Å². The van der Waals surface area contributed by atoms with E-state index in [2.05, 4.69) is 0 Å². The Balaban J connectivity index is 1.39. The Morgan fingerprint density at radius 1 is 0.758 bits per heavy atom. The van der Waals surface area contributed by atoms with Gasteiger partial charge in [-0.2, -0.15) is 0 Å². The number of hydrogen-bond donors (Lipinski definition) is 1. The van der Waals surface area contributed by atoms with Crippen LogP contribution >= 0.6 is 0 Å². The maximum atomic E-state index is 9.88. The molecule has 4 nitrogen and oxygen atoms in total. The second kappa shape index (κ2) is 9.70. The summed E-state index contributed by atoms with van der Waals surface area (Å²) in [6, 6.07) is 31.5. The first-order valence-corrected chi connectivity index (χ1v) is 11.2. The fourth-order valence-electron chi connectivity index (χ4n) is 4.05. The number of rotatable bonds is 7. The van der Waals surface area contributed by atoms with Crippen molar-refractivity contribution >= 4 is 0 Å². The Labute approximate surface area is 194 Å². The molecule has 4 aromatic rings. The van der Waals surface area contributed by atoms with Gasteiger partial charge in [0.25, 0.3) is 0 Å². The smallest absolute Gasteiger partial charge is 0.130 e. The van der Waals surface area contributed by atoms with Gasteiger partial charge in [0.05, 0.1) is 0 Å². The highest BCUT2D eigenvalue weighted by atomic mass is 16.5. The molecule has 0 bridgehead atoms. The highest BCUT2D eigenvalue weighted by Crippen LogP contribution is 2.41. The zero-order chi connectivity index (χ0) is 22.5. The van der Waals surface area contributed by atoms with Crippen molar-refractivity contribution in [1.82, 2.24) is 0 Å². The lowest BCUT2D eigenvalue weighted by atomic mass is 9.96. The van der Waals surface area contributed by atoms with E-state index >= 15 is 0 Å². The summed E-state index contributed by atoms with van der Waals surface area (Å²) in [5.74, 6) is 2.43. The zero-order valence-electron chi connectivity index (χ0n) is 18.3. The fraction of sp³-hybridized carbons (Fsp3) is 0.172. The molecule has 0 spiro atoms. The van der Waals surface area contributed by atoms with Gasteiger partial charge in [-0.3, -0.25) is 0 Å². The van der Waals surface area contributed by atoms with Crippen LogP contribution in [0.1, 0.15) is 34.8 Å². The van der Waals surface area contributed by atoms with Crippen LogP contribution in [0.25, 0.3) is 0 Å². The molecule has 4 aromatic carbocycles. The molecule has 0 aromatic heterocycles. The van der Waals surface area contributed by atoms with Crippen LogP contribution in [0.2, 0.25) is 0 Å². The first-order chi connectivity index (χ1) is 16.2. The standard InChI is InChI=1S/C29H26O4/c30-24-13-11-23-12-16-27(33-28(23)17-24)26-15-14-25(31-19-21-7-3-1-4-8-21)18-29(26)32-20-22-9-5-2-6-10-22/h1-11,13-15,17-18,27,30H,12,16,19-20H2. The molecular weight excluding hydrogens is 412 g/mol. The Morgan fingerprint density at radius 3 is 2.18 bits per heavy atom. The quantitative estimate of drug-likeness (QED) is 0.352. The number of phenols is 1. The van der Waals surface area contributed by atoms with E-state index in [1.807, 2.05) is 84.9 Å². The van der Waals surface area contributed by atoms with Crippen LogP contribution in [0.15, 0.2) is 97.1 Å². The molecule has 0 aliphatic carbocycles. The topological polar surface area (TPSA) is 47.9 Å². The summed E-state index contributed by atoms with van der Waals surface area (Å²) in [5, 5.41) is 9.88. The molecule has 1 aliphatic rings. The molecule has 0 amide bonds. The van der Waals surface area contributed by atoms with Gasteiger partial charge in [0.15, 0.2) is 0 Å². The third-order valence-electron chi connectivity index (χ3n) is 5.81. The minimum Gasteiger partial charge on any atom is -0.508 e. The molecule has 4 heteroatoms. The lowest BCUT2D eigenvalue weighted by molar-refractivity contribution is 0.168. The molecule has 1 N–H and O–H groups in total. The van der Waals surface area contributed by atoms with E-state index in [1.165, 1.54) is 0 Å². The average molecular weight is 439 g/mol. The molecule has 1 unspecified atom stereocenters. The van der Waals surface area contributed by atoms with E-state index in [4.69, 9.17) is 14.2 Å². The summed E-state index contributed by atoms with van der Waals surface area (Å²) in [6.07, 6.45) is 1.56. The summed E-state index contributed by atoms with van der Waals surface area (Å²) in [5.41, 5.74) is 4.30. The van der Waals surface area contributed by atoms with Crippen molar-refractivity contribution in [2.24, 2.45) is 0 Å². The van der Waals surface area contributed by atoms with Gasteiger partial charge < -0.3 is 19.3 Å². The third-order valence-corrected chi connectivity index (χ3v) is 5.81. The minimum atomic E-state index is -0.159. The van der Waals surface area contributed by atoms with Gasteiger partial charge >= 0.3 is 0 Å².